The predicted molar refractivity (Wildman–Crippen MR) is 99.0 cm³/mol. The van der Waals surface area contributed by atoms with Gasteiger partial charge in [-0.25, -0.2) is 9.97 Å². The summed E-state index contributed by atoms with van der Waals surface area (Å²) < 4.78 is 40.0. The van der Waals surface area contributed by atoms with Crippen LogP contribution in [0.2, 0.25) is 0 Å². The first-order valence-electron chi connectivity index (χ1n) is 8.50. The molecule has 1 spiro atoms. The Morgan fingerprint density at radius 3 is 2.41 bits per heavy atom. The fourth-order valence-corrected chi connectivity index (χ4v) is 4.07. The number of nitrogens with zero attached hydrogens (tertiary/aromatic N) is 5. The van der Waals surface area contributed by atoms with Gasteiger partial charge in [0, 0.05) is 6.07 Å². The van der Waals surface area contributed by atoms with Gasteiger partial charge in [0.05, 0.1) is 29.3 Å². The first kappa shape index (κ1) is 19.1. The second-order valence-corrected chi connectivity index (χ2v) is 7.08. The molecule has 0 bridgehead atoms. The van der Waals surface area contributed by atoms with Gasteiger partial charge in [-0.05, 0) is 43.6 Å². The average molecular weight is 419 g/mol. The molecule has 11 heteroatoms. The van der Waals surface area contributed by atoms with Crippen molar-refractivity contribution in [1.29, 1.82) is 5.26 Å². The molecule has 0 atom stereocenters. The lowest BCUT2D eigenvalue weighted by Crippen LogP contribution is -2.55. The Bertz CT molecular complexity index is 1060. The van der Waals surface area contributed by atoms with Gasteiger partial charge < -0.3 is 10.0 Å². The summed E-state index contributed by atoms with van der Waals surface area (Å²) in [6.45, 7) is 0. The summed E-state index contributed by atoms with van der Waals surface area (Å²) in [7, 11) is 0. The van der Waals surface area contributed by atoms with Gasteiger partial charge in [-0.1, -0.05) is 0 Å². The Morgan fingerprint density at radius 2 is 1.90 bits per heavy atom. The molecule has 2 fully saturated rings. The smallest absolute Gasteiger partial charge is 0.419 e. The van der Waals surface area contributed by atoms with E-state index < -0.39 is 28.9 Å². The Labute approximate surface area is 168 Å². The van der Waals surface area contributed by atoms with E-state index in [4.69, 9.17) is 17.5 Å². The molecule has 2 aromatic rings. The van der Waals surface area contributed by atoms with Crippen LogP contribution < -0.4 is 9.80 Å². The highest BCUT2D eigenvalue weighted by Gasteiger charge is 2.59. The van der Waals surface area contributed by atoms with E-state index in [1.54, 1.807) is 4.90 Å². The van der Waals surface area contributed by atoms with Crippen LogP contribution >= 0.6 is 12.2 Å². The topological polar surface area (TPSA) is 93.4 Å². The van der Waals surface area contributed by atoms with E-state index in [1.807, 2.05) is 0 Å². The molecular formula is C18H12F3N5O2S. The second kappa shape index (κ2) is 6.38. The molecule has 3 heterocycles. The minimum absolute atomic E-state index is 0.0122. The van der Waals surface area contributed by atoms with E-state index in [-0.39, 0.29) is 16.7 Å². The molecule has 2 aliphatic rings. The maximum absolute atomic E-state index is 13.3. The molecule has 148 valence electrons. The molecule has 0 radical (unpaired) electrons. The van der Waals surface area contributed by atoms with Crippen molar-refractivity contribution in [3.63, 3.8) is 0 Å². The molecule has 1 aliphatic carbocycles. The zero-order chi connectivity index (χ0) is 21.0. The summed E-state index contributed by atoms with van der Waals surface area (Å²) in [6, 6.07) is 4.99. The van der Waals surface area contributed by atoms with Crippen LogP contribution in [0.4, 0.5) is 24.5 Å². The van der Waals surface area contributed by atoms with Crippen molar-refractivity contribution < 1.29 is 23.1 Å². The number of carbonyl (C=O) groups excluding carboxylic acids is 1. The first-order chi connectivity index (χ1) is 13.7. The lowest BCUT2D eigenvalue weighted by Gasteiger charge is -2.42. The van der Waals surface area contributed by atoms with Crippen molar-refractivity contribution in [3.05, 3.63) is 41.9 Å². The van der Waals surface area contributed by atoms with Crippen LogP contribution in [0.3, 0.4) is 0 Å². The van der Waals surface area contributed by atoms with Crippen molar-refractivity contribution in [2.45, 2.75) is 31.0 Å². The number of anilines is 2. The van der Waals surface area contributed by atoms with Crippen LogP contribution in [-0.2, 0) is 11.0 Å². The normalized spacial score (nSPS) is 18.1. The highest BCUT2D eigenvalue weighted by atomic mass is 32.1. The minimum atomic E-state index is -4.81. The van der Waals surface area contributed by atoms with Crippen LogP contribution in [0.25, 0.3) is 0 Å². The highest BCUT2D eigenvalue weighted by molar-refractivity contribution is 7.81. The van der Waals surface area contributed by atoms with Gasteiger partial charge in [0.15, 0.2) is 10.8 Å². The lowest BCUT2D eigenvalue weighted by molar-refractivity contribution is -0.138. The maximum atomic E-state index is 13.3. The van der Waals surface area contributed by atoms with Gasteiger partial charge >= 0.3 is 6.18 Å². The Hall–Kier alpha value is -3.26. The zero-order valence-electron chi connectivity index (χ0n) is 14.6. The number of hydrogen-bond acceptors (Lipinski definition) is 6. The average Bonchev–Trinajstić information content (AvgIpc) is 2.88. The number of pyridine rings is 2. The fraction of sp³-hybridized carbons (Fsp3) is 0.278. The van der Waals surface area contributed by atoms with E-state index >= 15 is 0 Å². The number of alkyl halides is 3. The number of aromatic nitrogens is 2. The summed E-state index contributed by atoms with van der Waals surface area (Å²) >= 11 is 5.45. The summed E-state index contributed by atoms with van der Waals surface area (Å²) in [4.78, 5) is 23.2. The third-order valence-electron chi connectivity index (χ3n) is 5.13. The number of hydrogen-bond donors (Lipinski definition) is 1. The van der Waals surface area contributed by atoms with E-state index in [0.29, 0.717) is 24.6 Å². The summed E-state index contributed by atoms with van der Waals surface area (Å²) in [5.74, 6) is -0.669. The van der Waals surface area contributed by atoms with Crippen LogP contribution in [0.5, 0.6) is 5.88 Å². The van der Waals surface area contributed by atoms with Crippen molar-refractivity contribution in [3.8, 4) is 11.9 Å². The largest absolute Gasteiger partial charge is 0.493 e. The SMILES string of the molecule is N#Cc1ncc(N2C(=O)C3(CCC3)N(c3ccc(O)nc3)C2=S)cc1C(F)(F)F. The van der Waals surface area contributed by atoms with Crippen molar-refractivity contribution in [1.82, 2.24) is 9.97 Å². The molecule has 2 aromatic heterocycles. The van der Waals surface area contributed by atoms with E-state index in [2.05, 4.69) is 9.97 Å². The van der Waals surface area contributed by atoms with E-state index in [1.165, 1.54) is 24.4 Å². The number of nitriles is 1. The van der Waals surface area contributed by atoms with Crippen molar-refractivity contribution >= 4 is 34.6 Å². The minimum Gasteiger partial charge on any atom is -0.493 e. The van der Waals surface area contributed by atoms with Crippen molar-refractivity contribution in [2.75, 3.05) is 9.80 Å². The summed E-state index contributed by atoms with van der Waals surface area (Å²) in [5, 5.41) is 18.3. The summed E-state index contributed by atoms with van der Waals surface area (Å²) in [6.07, 6.45) is -0.741. The third-order valence-corrected chi connectivity index (χ3v) is 5.49. The molecule has 4 rings (SSSR count). The highest BCUT2D eigenvalue weighted by Crippen LogP contribution is 2.48. The van der Waals surface area contributed by atoms with E-state index in [0.717, 1.165) is 17.5 Å². The third kappa shape index (κ3) is 2.79. The van der Waals surface area contributed by atoms with E-state index in [9.17, 15) is 23.1 Å². The number of aromatic hydroxyl groups is 1. The van der Waals surface area contributed by atoms with Gasteiger partial charge in [0.25, 0.3) is 5.91 Å². The monoisotopic (exact) mass is 419 g/mol. The zero-order valence-corrected chi connectivity index (χ0v) is 15.5. The Balaban J connectivity index is 1.82. The number of halogens is 3. The molecular weight excluding hydrogens is 407 g/mol. The lowest BCUT2D eigenvalue weighted by atomic mass is 9.75. The fourth-order valence-electron chi connectivity index (χ4n) is 3.60. The number of amides is 1. The van der Waals surface area contributed by atoms with Crippen LogP contribution in [0, 0.1) is 11.3 Å². The van der Waals surface area contributed by atoms with Gasteiger partial charge in [0.2, 0.25) is 5.88 Å². The molecule has 1 aliphatic heterocycles. The second-order valence-electron chi connectivity index (χ2n) is 6.72. The standard InChI is InChI=1S/C18H12F3N5O2S/c19-18(20,21)12-6-11(9-23-13(12)7-22)25-15(28)17(4-1-5-17)26(16(25)29)10-2-3-14(27)24-8-10/h2-3,6,8-9H,1,4-5H2,(H,24,27). The van der Waals surface area contributed by atoms with Gasteiger partial charge in [-0.2, -0.15) is 18.4 Å². The Morgan fingerprint density at radius 1 is 1.21 bits per heavy atom. The van der Waals surface area contributed by atoms with Gasteiger partial charge in [-0.15, -0.1) is 0 Å². The number of rotatable bonds is 2. The quantitative estimate of drug-likeness (QED) is 0.748. The molecule has 1 saturated heterocycles. The molecule has 1 N–H and O–H groups in total. The van der Waals surface area contributed by atoms with Crippen molar-refractivity contribution in [2.24, 2.45) is 0 Å². The van der Waals surface area contributed by atoms with Gasteiger partial charge in [0.1, 0.15) is 11.6 Å². The molecule has 7 nitrogen and oxygen atoms in total. The Kier molecular flexibility index (Phi) is 4.20. The van der Waals surface area contributed by atoms with Crippen LogP contribution in [0.15, 0.2) is 30.6 Å². The molecule has 29 heavy (non-hydrogen) atoms. The molecule has 0 aromatic carbocycles. The first-order valence-corrected chi connectivity index (χ1v) is 8.91. The maximum Gasteiger partial charge on any atom is 0.419 e. The number of carbonyl (C=O) groups is 1. The predicted octanol–water partition coefficient (Wildman–Crippen LogP) is 3.13. The molecule has 0 unspecified atom stereocenters. The number of thiocarbonyl (C=S) groups is 1. The van der Waals surface area contributed by atoms with Crippen LogP contribution in [0.1, 0.15) is 30.5 Å². The summed E-state index contributed by atoms with van der Waals surface area (Å²) in [5.41, 5.74) is -2.74. The van der Waals surface area contributed by atoms with Crippen LogP contribution in [-0.4, -0.2) is 31.6 Å². The molecule has 1 saturated carbocycles. The molecule has 1 amide bonds. The van der Waals surface area contributed by atoms with Gasteiger partial charge in [-0.3, -0.25) is 9.69 Å².